The molecule has 8 nitrogen and oxygen atoms in total. The number of hydroxylamine groups is 1. The SMILES string of the molecule is Cl.O=C(NO)c1cnc(N2CCC3(CC2)CN(CCc2ccc4c(c2)CCO4)C3)nc1. The molecule has 0 saturated carbocycles. The summed E-state index contributed by atoms with van der Waals surface area (Å²) in [5, 5.41) is 8.68. The van der Waals surface area contributed by atoms with E-state index in [0.717, 1.165) is 57.7 Å². The topological polar surface area (TPSA) is 90.8 Å². The molecule has 0 unspecified atom stereocenters. The zero-order chi connectivity index (χ0) is 20.6. The minimum Gasteiger partial charge on any atom is -0.493 e. The Kier molecular flexibility index (Phi) is 6.31. The van der Waals surface area contributed by atoms with Gasteiger partial charge in [-0.2, -0.15) is 0 Å². The second kappa shape index (κ2) is 8.98. The molecule has 2 fully saturated rings. The number of likely N-dealkylation sites (tertiary alicyclic amines) is 1. The van der Waals surface area contributed by atoms with Crippen molar-refractivity contribution in [3.05, 3.63) is 47.3 Å². The lowest BCUT2D eigenvalue weighted by atomic mass is 9.72. The molecule has 0 aliphatic carbocycles. The van der Waals surface area contributed by atoms with E-state index in [1.165, 1.54) is 36.6 Å². The van der Waals surface area contributed by atoms with E-state index >= 15 is 0 Å². The summed E-state index contributed by atoms with van der Waals surface area (Å²) in [6.07, 6.45) is 7.32. The van der Waals surface area contributed by atoms with Crippen LogP contribution in [0.15, 0.2) is 30.6 Å². The van der Waals surface area contributed by atoms with Crippen LogP contribution in [0, 0.1) is 5.41 Å². The van der Waals surface area contributed by atoms with Crippen LogP contribution in [0.1, 0.15) is 34.3 Å². The largest absolute Gasteiger partial charge is 0.493 e. The maximum absolute atomic E-state index is 11.4. The molecule has 31 heavy (non-hydrogen) atoms. The van der Waals surface area contributed by atoms with E-state index in [1.54, 1.807) is 5.48 Å². The van der Waals surface area contributed by atoms with Crippen LogP contribution in [-0.4, -0.2) is 65.3 Å². The van der Waals surface area contributed by atoms with Gasteiger partial charge in [0.05, 0.1) is 12.2 Å². The van der Waals surface area contributed by atoms with Crippen LogP contribution < -0.4 is 15.1 Å². The third-order valence-corrected chi connectivity index (χ3v) is 6.70. The molecule has 3 aliphatic heterocycles. The number of nitrogens with zero attached hydrogens (tertiary/aromatic N) is 4. The monoisotopic (exact) mass is 445 g/mol. The minimum atomic E-state index is -0.595. The van der Waals surface area contributed by atoms with Gasteiger partial charge in [0.25, 0.3) is 5.91 Å². The first kappa shape index (κ1) is 21.8. The Bertz CT molecular complexity index is 923. The van der Waals surface area contributed by atoms with Crippen molar-refractivity contribution in [2.75, 3.05) is 44.2 Å². The Hall–Kier alpha value is -2.42. The van der Waals surface area contributed by atoms with E-state index in [-0.39, 0.29) is 18.0 Å². The predicted octanol–water partition coefficient (Wildman–Crippen LogP) is 2.10. The third-order valence-electron chi connectivity index (χ3n) is 6.70. The fraction of sp³-hybridized carbons (Fsp3) is 0.500. The number of amides is 1. The number of halogens is 1. The lowest BCUT2D eigenvalue weighted by molar-refractivity contribution is -0.0174. The van der Waals surface area contributed by atoms with E-state index in [2.05, 4.69) is 38.0 Å². The van der Waals surface area contributed by atoms with Crippen molar-refractivity contribution < 1.29 is 14.7 Å². The number of carbonyl (C=O) groups is 1. The summed E-state index contributed by atoms with van der Waals surface area (Å²) >= 11 is 0. The fourth-order valence-electron chi connectivity index (χ4n) is 4.91. The molecule has 1 amide bonds. The molecule has 1 aromatic heterocycles. The molecule has 9 heteroatoms. The van der Waals surface area contributed by atoms with Crippen molar-refractivity contribution in [3.63, 3.8) is 0 Å². The van der Waals surface area contributed by atoms with Gasteiger partial charge >= 0.3 is 0 Å². The summed E-state index contributed by atoms with van der Waals surface area (Å²) in [7, 11) is 0. The van der Waals surface area contributed by atoms with Crippen molar-refractivity contribution >= 4 is 24.3 Å². The number of anilines is 1. The second-order valence-electron chi connectivity index (χ2n) is 8.70. The number of hydrogen-bond donors (Lipinski definition) is 2. The van der Waals surface area contributed by atoms with Crippen LogP contribution in [0.4, 0.5) is 5.95 Å². The van der Waals surface area contributed by atoms with E-state index < -0.39 is 5.91 Å². The highest BCUT2D eigenvalue weighted by molar-refractivity contribution is 5.92. The number of aromatic nitrogens is 2. The van der Waals surface area contributed by atoms with Crippen LogP contribution in [0.25, 0.3) is 0 Å². The molecule has 3 aliphatic rings. The fourth-order valence-corrected chi connectivity index (χ4v) is 4.91. The summed E-state index contributed by atoms with van der Waals surface area (Å²) in [4.78, 5) is 24.7. The molecule has 2 aromatic rings. The number of rotatable bonds is 5. The van der Waals surface area contributed by atoms with E-state index in [4.69, 9.17) is 9.94 Å². The molecule has 0 bridgehead atoms. The normalized spacial score (nSPS) is 19.2. The summed E-state index contributed by atoms with van der Waals surface area (Å²) in [5.74, 6) is 1.11. The van der Waals surface area contributed by atoms with Crippen molar-refractivity contribution in [1.29, 1.82) is 0 Å². The number of carbonyl (C=O) groups excluding carboxylic acids is 1. The van der Waals surface area contributed by atoms with Gasteiger partial charge in [-0.25, -0.2) is 15.4 Å². The molecule has 2 N–H and O–H groups in total. The lowest BCUT2D eigenvalue weighted by Crippen LogP contribution is -2.60. The molecule has 0 radical (unpaired) electrons. The Balaban J connectivity index is 0.00000231. The van der Waals surface area contributed by atoms with Crippen LogP contribution in [0.2, 0.25) is 0 Å². The first-order valence-electron chi connectivity index (χ1n) is 10.6. The molecule has 2 saturated heterocycles. The van der Waals surface area contributed by atoms with Gasteiger partial charge in [-0.15, -0.1) is 12.4 Å². The Morgan fingerprint density at radius 1 is 1.19 bits per heavy atom. The Morgan fingerprint density at radius 3 is 2.65 bits per heavy atom. The maximum atomic E-state index is 11.4. The van der Waals surface area contributed by atoms with Crippen molar-refractivity contribution in [2.45, 2.75) is 25.7 Å². The first-order valence-corrected chi connectivity index (χ1v) is 10.6. The van der Waals surface area contributed by atoms with Gasteiger partial charge in [-0.3, -0.25) is 10.0 Å². The van der Waals surface area contributed by atoms with Crippen LogP contribution in [0.5, 0.6) is 5.75 Å². The van der Waals surface area contributed by atoms with E-state index in [0.29, 0.717) is 11.4 Å². The first-order chi connectivity index (χ1) is 14.6. The number of hydrogen-bond acceptors (Lipinski definition) is 7. The quantitative estimate of drug-likeness (QED) is 0.538. The highest BCUT2D eigenvalue weighted by Crippen LogP contribution is 2.41. The Labute approximate surface area is 188 Å². The molecule has 4 heterocycles. The number of piperidine rings is 1. The molecule has 166 valence electrons. The lowest BCUT2D eigenvalue weighted by Gasteiger charge is -2.54. The molecule has 1 spiro atoms. The zero-order valence-electron chi connectivity index (χ0n) is 17.4. The second-order valence-corrected chi connectivity index (χ2v) is 8.70. The van der Waals surface area contributed by atoms with Crippen LogP contribution >= 0.6 is 12.4 Å². The van der Waals surface area contributed by atoms with E-state index in [9.17, 15) is 4.79 Å². The van der Waals surface area contributed by atoms with Gasteiger partial charge in [0.1, 0.15) is 5.75 Å². The molecule has 0 atom stereocenters. The average molecular weight is 446 g/mol. The highest BCUT2D eigenvalue weighted by atomic mass is 35.5. The van der Waals surface area contributed by atoms with Gasteiger partial charge in [0, 0.05) is 51.5 Å². The predicted molar refractivity (Wildman–Crippen MR) is 118 cm³/mol. The zero-order valence-corrected chi connectivity index (χ0v) is 18.2. The van der Waals surface area contributed by atoms with Gasteiger partial charge < -0.3 is 14.5 Å². The molecular formula is C22H28ClN5O3. The van der Waals surface area contributed by atoms with Gasteiger partial charge in [-0.1, -0.05) is 12.1 Å². The van der Waals surface area contributed by atoms with Gasteiger partial charge in [0.15, 0.2) is 0 Å². The number of ether oxygens (including phenoxy) is 1. The molecule has 5 rings (SSSR count). The van der Waals surface area contributed by atoms with Crippen LogP contribution in [0.3, 0.4) is 0 Å². The summed E-state index contributed by atoms with van der Waals surface area (Å²) in [6.45, 7) is 6.14. The number of fused-ring (bicyclic) bond motifs is 1. The van der Waals surface area contributed by atoms with Crippen molar-refractivity contribution in [2.24, 2.45) is 5.41 Å². The standard InChI is InChI=1S/C22H27N5O3.ClH/c28-20(25-29)18-12-23-21(24-13-18)27-8-5-22(6-9-27)14-26(15-22)7-3-16-1-2-19-17(11-16)4-10-30-19;/h1-2,11-13,29H,3-10,14-15H2,(H,25,28);1H. The van der Waals surface area contributed by atoms with Gasteiger partial charge in [0.2, 0.25) is 5.95 Å². The van der Waals surface area contributed by atoms with Crippen LogP contribution in [-0.2, 0) is 12.8 Å². The van der Waals surface area contributed by atoms with E-state index in [1.807, 2.05) is 0 Å². The van der Waals surface area contributed by atoms with Crippen molar-refractivity contribution in [3.8, 4) is 5.75 Å². The maximum Gasteiger partial charge on any atom is 0.277 e. The third kappa shape index (κ3) is 4.46. The molecule has 1 aromatic carbocycles. The summed E-state index contributed by atoms with van der Waals surface area (Å²) in [5.41, 5.74) is 5.04. The average Bonchev–Trinajstić information content (AvgIpc) is 3.24. The Morgan fingerprint density at radius 2 is 1.94 bits per heavy atom. The molecular weight excluding hydrogens is 418 g/mol. The van der Waals surface area contributed by atoms with Gasteiger partial charge in [-0.05, 0) is 41.9 Å². The van der Waals surface area contributed by atoms with Crippen molar-refractivity contribution in [1.82, 2.24) is 20.3 Å². The highest BCUT2D eigenvalue weighted by Gasteiger charge is 2.44. The number of nitrogens with one attached hydrogen (secondary N) is 1. The smallest absolute Gasteiger partial charge is 0.277 e. The number of benzene rings is 1. The minimum absolute atomic E-state index is 0. The summed E-state index contributed by atoms with van der Waals surface area (Å²) < 4.78 is 5.60. The summed E-state index contributed by atoms with van der Waals surface area (Å²) in [6, 6.07) is 6.63.